The van der Waals surface area contributed by atoms with Crippen LogP contribution in [0.3, 0.4) is 0 Å². The maximum absolute atomic E-state index is 13.3. The fourth-order valence-corrected chi connectivity index (χ4v) is 4.32. The van der Waals surface area contributed by atoms with Crippen LogP contribution in [0.4, 0.5) is 10.2 Å². The van der Waals surface area contributed by atoms with E-state index < -0.39 is 18.5 Å². The number of anilines is 1. The quantitative estimate of drug-likeness (QED) is 0.390. The second kappa shape index (κ2) is 9.71. The van der Waals surface area contributed by atoms with Crippen molar-refractivity contribution in [2.24, 2.45) is 0 Å². The lowest BCUT2D eigenvalue weighted by Gasteiger charge is -2.10. The van der Waals surface area contributed by atoms with Crippen LogP contribution in [0.25, 0.3) is 5.69 Å². The molecule has 2 aromatic carbocycles. The summed E-state index contributed by atoms with van der Waals surface area (Å²) in [6, 6.07) is 14.9. The highest BCUT2D eigenvalue weighted by molar-refractivity contribution is 6.31. The van der Waals surface area contributed by atoms with Crippen molar-refractivity contribution in [2.75, 3.05) is 11.9 Å². The summed E-state index contributed by atoms with van der Waals surface area (Å²) in [6.45, 7) is -0.108. The predicted octanol–water partition coefficient (Wildman–Crippen LogP) is 4.19. The highest BCUT2D eigenvalue weighted by Gasteiger charge is 2.28. The summed E-state index contributed by atoms with van der Waals surface area (Å²) in [5.74, 6) is -1.08. The van der Waals surface area contributed by atoms with E-state index in [1.807, 2.05) is 18.2 Å². The Morgan fingerprint density at radius 1 is 1.09 bits per heavy atom. The molecular formula is C25H21ClFN5O3. The smallest absolute Gasteiger partial charge is 0.359 e. The molecule has 0 radical (unpaired) electrons. The van der Waals surface area contributed by atoms with Gasteiger partial charge in [-0.2, -0.15) is 10.2 Å². The van der Waals surface area contributed by atoms with Crippen LogP contribution >= 0.6 is 11.6 Å². The summed E-state index contributed by atoms with van der Waals surface area (Å²) in [5, 5.41) is 11.9. The lowest BCUT2D eigenvalue weighted by Crippen LogP contribution is -2.23. The molecule has 35 heavy (non-hydrogen) atoms. The zero-order valence-corrected chi connectivity index (χ0v) is 19.3. The summed E-state index contributed by atoms with van der Waals surface area (Å²) in [5.41, 5.74) is 3.39. The van der Waals surface area contributed by atoms with Crippen molar-refractivity contribution in [1.29, 1.82) is 0 Å². The first-order valence-electron chi connectivity index (χ1n) is 11.1. The third kappa shape index (κ3) is 4.81. The Labute approximate surface area is 205 Å². The predicted molar refractivity (Wildman–Crippen MR) is 127 cm³/mol. The highest BCUT2D eigenvalue weighted by Crippen LogP contribution is 2.28. The Bertz CT molecular complexity index is 1400. The molecule has 10 heteroatoms. The van der Waals surface area contributed by atoms with Crippen LogP contribution in [-0.2, 0) is 28.9 Å². The first-order chi connectivity index (χ1) is 17.0. The molecule has 0 fully saturated rings. The molecular weight excluding hydrogens is 473 g/mol. The second-order valence-corrected chi connectivity index (χ2v) is 8.51. The van der Waals surface area contributed by atoms with Gasteiger partial charge in [0.25, 0.3) is 5.91 Å². The van der Waals surface area contributed by atoms with Gasteiger partial charge in [0, 0.05) is 22.3 Å². The summed E-state index contributed by atoms with van der Waals surface area (Å²) in [6.07, 6.45) is 3.88. The molecule has 0 saturated carbocycles. The largest absolute Gasteiger partial charge is 0.451 e. The molecule has 0 spiro atoms. The molecule has 8 nitrogen and oxygen atoms in total. The zero-order chi connectivity index (χ0) is 24.4. The number of hydrogen-bond acceptors (Lipinski definition) is 5. The van der Waals surface area contributed by atoms with Gasteiger partial charge in [0.15, 0.2) is 12.3 Å². The molecule has 0 unspecified atom stereocenters. The van der Waals surface area contributed by atoms with E-state index in [2.05, 4.69) is 15.5 Å². The number of rotatable bonds is 7. The Kier molecular flexibility index (Phi) is 6.33. The normalized spacial score (nSPS) is 12.4. The average Bonchev–Trinajstić information content (AvgIpc) is 3.57. The number of aromatic nitrogens is 4. The van der Waals surface area contributed by atoms with Crippen molar-refractivity contribution in [3.05, 3.63) is 94.1 Å². The van der Waals surface area contributed by atoms with Crippen LogP contribution in [0.2, 0.25) is 5.02 Å². The number of ether oxygens (including phenoxy) is 1. The summed E-state index contributed by atoms with van der Waals surface area (Å²) in [7, 11) is 0. The number of halogens is 2. The number of esters is 1. The van der Waals surface area contributed by atoms with Gasteiger partial charge in [-0.3, -0.25) is 4.79 Å². The molecule has 1 N–H and O–H groups in total. The lowest BCUT2D eigenvalue weighted by atomic mass is 10.2. The second-order valence-electron chi connectivity index (χ2n) is 8.11. The van der Waals surface area contributed by atoms with E-state index in [1.54, 1.807) is 39.8 Å². The van der Waals surface area contributed by atoms with Crippen LogP contribution in [0.5, 0.6) is 0 Å². The van der Waals surface area contributed by atoms with E-state index in [1.165, 1.54) is 12.1 Å². The molecule has 2 heterocycles. The number of amides is 1. The molecule has 5 rings (SSSR count). The minimum absolute atomic E-state index is 0.179. The molecule has 0 bridgehead atoms. The van der Waals surface area contributed by atoms with Gasteiger partial charge in [-0.1, -0.05) is 29.8 Å². The van der Waals surface area contributed by atoms with Gasteiger partial charge < -0.3 is 10.1 Å². The Hall–Kier alpha value is -3.98. The third-order valence-corrected chi connectivity index (χ3v) is 6.16. The molecule has 0 atom stereocenters. The molecule has 0 saturated heterocycles. The first-order valence-corrected chi connectivity index (χ1v) is 11.5. The van der Waals surface area contributed by atoms with Crippen LogP contribution in [0.1, 0.15) is 33.7 Å². The van der Waals surface area contributed by atoms with E-state index in [0.29, 0.717) is 29.5 Å². The number of carbonyl (C=O) groups is 2. The zero-order valence-electron chi connectivity index (χ0n) is 18.6. The maximum Gasteiger partial charge on any atom is 0.359 e. The summed E-state index contributed by atoms with van der Waals surface area (Å²) < 4.78 is 21.8. The number of nitrogens with one attached hydrogen (secondary N) is 1. The SMILES string of the molecule is O=C(COC(=O)c1nn(-c2ccc(F)cc2)c2c1CCC2)Nc1ccnn1Cc1ccccc1Cl. The average molecular weight is 494 g/mol. The van der Waals surface area contributed by atoms with Crippen LogP contribution in [-0.4, -0.2) is 38.0 Å². The standard InChI is InChI=1S/C25H21ClFN5O3/c26-20-6-2-1-4-16(20)14-31-22(12-13-28-31)29-23(33)15-35-25(34)24-19-5-3-7-21(19)32(30-24)18-10-8-17(27)9-11-18/h1-2,4,6,8-13H,3,5,7,14-15H2,(H,29,33). The van der Waals surface area contributed by atoms with Gasteiger partial charge in [0.1, 0.15) is 11.6 Å². The molecule has 1 aliphatic rings. The van der Waals surface area contributed by atoms with E-state index >= 15 is 0 Å². The summed E-state index contributed by atoms with van der Waals surface area (Å²) >= 11 is 6.22. The first kappa shape index (κ1) is 22.8. The maximum atomic E-state index is 13.3. The third-order valence-electron chi connectivity index (χ3n) is 5.79. The van der Waals surface area contributed by atoms with Crippen molar-refractivity contribution >= 4 is 29.3 Å². The van der Waals surface area contributed by atoms with Gasteiger partial charge >= 0.3 is 5.97 Å². The van der Waals surface area contributed by atoms with Crippen molar-refractivity contribution in [3.8, 4) is 5.69 Å². The number of carbonyl (C=O) groups excluding carboxylic acids is 2. The Balaban J connectivity index is 1.24. The van der Waals surface area contributed by atoms with Crippen LogP contribution in [0, 0.1) is 5.82 Å². The molecule has 1 amide bonds. The molecule has 0 aliphatic heterocycles. The van der Waals surface area contributed by atoms with E-state index in [9.17, 15) is 14.0 Å². The highest BCUT2D eigenvalue weighted by atomic mass is 35.5. The molecule has 1 aliphatic carbocycles. The van der Waals surface area contributed by atoms with Crippen molar-refractivity contribution < 1.29 is 18.7 Å². The Morgan fingerprint density at radius 3 is 2.69 bits per heavy atom. The topological polar surface area (TPSA) is 91.0 Å². The van der Waals surface area contributed by atoms with Crippen molar-refractivity contribution in [2.45, 2.75) is 25.8 Å². The molecule has 2 aromatic heterocycles. The number of nitrogens with zero attached hydrogens (tertiary/aromatic N) is 4. The van der Waals surface area contributed by atoms with E-state index in [0.717, 1.165) is 29.7 Å². The fraction of sp³-hybridized carbons (Fsp3) is 0.200. The number of benzene rings is 2. The van der Waals surface area contributed by atoms with E-state index in [-0.39, 0.29) is 11.5 Å². The van der Waals surface area contributed by atoms with Gasteiger partial charge in [-0.25, -0.2) is 18.5 Å². The lowest BCUT2D eigenvalue weighted by molar-refractivity contribution is -0.119. The van der Waals surface area contributed by atoms with Gasteiger partial charge in [-0.05, 0) is 55.2 Å². The summed E-state index contributed by atoms with van der Waals surface area (Å²) in [4.78, 5) is 25.3. The minimum Gasteiger partial charge on any atom is -0.451 e. The van der Waals surface area contributed by atoms with Crippen LogP contribution in [0.15, 0.2) is 60.8 Å². The molecule has 178 valence electrons. The fourth-order valence-electron chi connectivity index (χ4n) is 4.13. The Morgan fingerprint density at radius 2 is 1.89 bits per heavy atom. The van der Waals surface area contributed by atoms with Crippen LogP contribution < -0.4 is 5.32 Å². The van der Waals surface area contributed by atoms with Gasteiger partial charge in [0.05, 0.1) is 18.4 Å². The van der Waals surface area contributed by atoms with Gasteiger partial charge in [-0.15, -0.1) is 0 Å². The van der Waals surface area contributed by atoms with Gasteiger partial charge in [0.2, 0.25) is 0 Å². The number of hydrogen-bond donors (Lipinski definition) is 1. The monoisotopic (exact) mass is 493 g/mol. The van der Waals surface area contributed by atoms with E-state index in [4.69, 9.17) is 16.3 Å². The molecule has 4 aromatic rings. The van der Waals surface area contributed by atoms with Crippen molar-refractivity contribution in [3.63, 3.8) is 0 Å². The number of fused-ring (bicyclic) bond motifs is 1. The minimum atomic E-state index is -0.677. The van der Waals surface area contributed by atoms with Crippen molar-refractivity contribution in [1.82, 2.24) is 19.6 Å².